The monoisotopic (exact) mass is 277 g/mol. The minimum atomic E-state index is 0.131. The molecule has 0 saturated heterocycles. The summed E-state index contributed by atoms with van der Waals surface area (Å²) in [4.78, 5) is 0. The van der Waals surface area contributed by atoms with Crippen LogP contribution in [0.3, 0.4) is 0 Å². The molecule has 0 fully saturated rings. The summed E-state index contributed by atoms with van der Waals surface area (Å²) in [6.07, 6.45) is 8.59. The molecular weight excluding hydrogens is 246 g/mol. The van der Waals surface area contributed by atoms with E-state index < -0.39 is 0 Å². The van der Waals surface area contributed by atoms with Gasteiger partial charge in [0.15, 0.2) is 0 Å². The van der Waals surface area contributed by atoms with Crippen molar-refractivity contribution in [3.05, 3.63) is 29.8 Å². The first-order valence-electron chi connectivity index (χ1n) is 8.27. The number of anilines is 1. The van der Waals surface area contributed by atoms with Crippen molar-refractivity contribution in [2.24, 2.45) is 0 Å². The number of hydrogen-bond acceptors (Lipinski definition) is 2. The van der Waals surface area contributed by atoms with Crippen LogP contribution in [-0.4, -0.2) is 12.8 Å². The maximum absolute atomic E-state index is 5.83. The second kappa shape index (κ2) is 10.7. The molecule has 0 aliphatic heterocycles. The molecule has 1 atom stereocenters. The lowest BCUT2D eigenvalue weighted by atomic mass is 10.0. The predicted octanol–water partition coefficient (Wildman–Crippen LogP) is 5.38. The molecule has 0 spiro atoms. The minimum absolute atomic E-state index is 0.131. The van der Waals surface area contributed by atoms with Gasteiger partial charge in [-0.2, -0.15) is 0 Å². The van der Waals surface area contributed by atoms with E-state index in [1.807, 2.05) is 0 Å². The number of nitrogens with one attached hydrogen (secondary N) is 1. The maximum atomic E-state index is 5.83. The average molecular weight is 277 g/mol. The molecule has 0 aromatic heterocycles. The molecule has 1 rings (SSSR count). The zero-order valence-corrected chi connectivity index (χ0v) is 13.5. The number of ether oxygens (including phenoxy) is 1. The molecule has 1 aromatic carbocycles. The first-order chi connectivity index (χ1) is 9.81. The van der Waals surface area contributed by atoms with E-state index in [0.29, 0.717) is 0 Å². The van der Waals surface area contributed by atoms with Crippen LogP contribution in [0, 0.1) is 0 Å². The van der Waals surface area contributed by atoms with Crippen molar-refractivity contribution in [2.45, 2.75) is 71.9 Å². The topological polar surface area (TPSA) is 21.3 Å². The molecule has 0 aliphatic rings. The van der Waals surface area contributed by atoms with Gasteiger partial charge in [-0.25, -0.2) is 0 Å². The second-order valence-corrected chi connectivity index (χ2v) is 5.38. The summed E-state index contributed by atoms with van der Waals surface area (Å²) in [5, 5.41) is 3.55. The third kappa shape index (κ3) is 6.42. The van der Waals surface area contributed by atoms with Crippen molar-refractivity contribution < 1.29 is 4.74 Å². The highest BCUT2D eigenvalue weighted by Gasteiger charge is 2.08. The summed E-state index contributed by atoms with van der Waals surface area (Å²) < 4.78 is 5.83. The van der Waals surface area contributed by atoms with Crippen LogP contribution >= 0.6 is 0 Å². The Bertz CT molecular complexity index is 351. The highest BCUT2D eigenvalue weighted by atomic mass is 16.5. The van der Waals surface area contributed by atoms with Gasteiger partial charge in [0.1, 0.15) is 6.23 Å². The lowest BCUT2D eigenvalue weighted by molar-refractivity contribution is 0.0702. The molecule has 0 radical (unpaired) electrons. The molecule has 0 aliphatic carbocycles. The van der Waals surface area contributed by atoms with Gasteiger partial charge in [0.25, 0.3) is 0 Å². The van der Waals surface area contributed by atoms with Gasteiger partial charge in [-0.1, -0.05) is 58.2 Å². The number of aryl methyl sites for hydroxylation is 1. The first-order valence-corrected chi connectivity index (χ1v) is 8.27. The molecule has 20 heavy (non-hydrogen) atoms. The van der Waals surface area contributed by atoms with E-state index in [1.165, 1.54) is 36.9 Å². The quantitative estimate of drug-likeness (QED) is 0.433. The summed E-state index contributed by atoms with van der Waals surface area (Å²) in [7, 11) is 0. The van der Waals surface area contributed by atoms with Crippen LogP contribution in [0.5, 0.6) is 0 Å². The Morgan fingerprint density at radius 3 is 2.50 bits per heavy atom. The van der Waals surface area contributed by atoms with Gasteiger partial charge < -0.3 is 10.1 Å². The Hall–Kier alpha value is -1.02. The zero-order valence-electron chi connectivity index (χ0n) is 13.5. The maximum Gasteiger partial charge on any atom is 0.127 e. The smallest absolute Gasteiger partial charge is 0.127 e. The Balaban J connectivity index is 2.54. The highest BCUT2D eigenvalue weighted by Crippen LogP contribution is 2.20. The SMILES string of the molecule is CCCCCCc1ccccc1NC(CC)OCCC. The summed E-state index contributed by atoms with van der Waals surface area (Å²) in [6.45, 7) is 7.39. The summed E-state index contributed by atoms with van der Waals surface area (Å²) in [5.41, 5.74) is 2.66. The van der Waals surface area contributed by atoms with Crippen LogP contribution in [0.2, 0.25) is 0 Å². The Kier molecular flexibility index (Phi) is 9.14. The van der Waals surface area contributed by atoms with Gasteiger partial charge in [-0.3, -0.25) is 0 Å². The van der Waals surface area contributed by atoms with Crippen LogP contribution in [-0.2, 0) is 11.2 Å². The van der Waals surface area contributed by atoms with Crippen molar-refractivity contribution in [2.75, 3.05) is 11.9 Å². The third-order valence-corrected chi connectivity index (χ3v) is 3.53. The molecule has 0 saturated carbocycles. The number of hydrogen-bond donors (Lipinski definition) is 1. The minimum Gasteiger partial charge on any atom is -0.360 e. The summed E-state index contributed by atoms with van der Waals surface area (Å²) in [5.74, 6) is 0. The second-order valence-electron chi connectivity index (χ2n) is 5.38. The molecule has 1 N–H and O–H groups in total. The van der Waals surface area contributed by atoms with Crippen molar-refractivity contribution >= 4 is 5.69 Å². The molecule has 1 aromatic rings. The van der Waals surface area contributed by atoms with Gasteiger partial charge >= 0.3 is 0 Å². The van der Waals surface area contributed by atoms with Crippen LogP contribution in [0.4, 0.5) is 5.69 Å². The van der Waals surface area contributed by atoms with E-state index in [4.69, 9.17) is 4.74 Å². The fourth-order valence-electron chi connectivity index (χ4n) is 2.32. The number of rotatable bonds is 11. The van der Waals surface area contributed by atoms with Crippen molar-refractivity contribution in [1.29, 1.82) is 0 Å². The molecule has 114 valence electrons. The average Bonchev–Trinajstić information content (AvgIpc) is 2.49. The Morgan fingerprint density at radius 1 is 1.00 bits per heavy atom. The third-order valence-electron chi connectivity index (χ3n) is 3.53. The molecule has 0 bridgehead atoms. The number of para-hydroxylation sites is 1. The van der Waals surface area contributed by atoms with Gasteiger partial charge in [0.05, 0.1) is 0 Å². The lowest BCUT2D eigenvalue weighted by Crippen LogP contribution is -2.23. The molecule has 2 heteroatoms. The fourth-order valence-corrected chi connectivity index (χ4v) is 2.32. The van der Waals surface area contributed by atoms with Crippen LogP contribution < -0.4 is 5.32 Å². The summed E-state index contributed by atoms with van der Waals surface area (Å²) in [6, 6.07) is 8.65. The molecule has 0 heterocycles. The van der Waals surface area contributed by atoms with Crippen molar-refractivity contribution in [3.8, 4) is 0 Å². The van der Waals surface area contributed by atoms with Gasteiger partial charge in [0.2, 0.25) is 0 Å². The largest absolute Gasteiger partial charge is 0.360 e. The molecule has 2 nitrogen and oxygen atoms in total. The lowest BCUT2D eigenvalue weighted by Gasteiger charge is -2.21. The molecule has 0 amide bonds. The van der Waals surface area contributed by atoms with Gasteiger partial charge in [-0.05, 0) is 37.3 Å². The fraction of sp³-hybridized carbons (Fsp3) is 0.667. The first kappa shape index (κ1) is 17.0. The standard InChI is InChI=1S/C18H31NO/c1-4-7-8-9-12-16-13-10-11-14-17(16)19-18(6-3)20-15-5-2/h10-11,13-14,18-19H,4-9,12,15H2,1-3H3. The van der Waals surface area contributed by atoms with Crippen molar-refractivity contribution in [1.82, 2.24) is 0 Å². The Labute approximate surface area is 124 Å². The van der Waals surface area contributed by atoms with E-state index in [9.17, 15) is 0 Å². The van der Waals surface area contributed by atoms with Crippen LogP contribution in [0.1, 0.15) is 64.9 Å². The van der Waals surface area contributed by atoms with E-state index in [-0.39, 0.29) is 6.23 Å². The van der Waals surface area contributed by atoms with Crippen molar-refractivity contribution in [3.63, 3.8) is 0 Å². The number of benzene rings is 1. The van der Waals surface area contributed by atoms with E-state index in [0.717, 1.165) is 25.9 Å². The number of unbranched alkanes of at least 4 members (excludes halogenated alkanes) is 3. The predicted molar refractivity (Wildman–Crippen MR) is 88.2 cm³/mol. The van der Waals surface area contributed by atoms with Crippen LogP contribution in [0.25, 0.3) is 0 Å². The van der Waals surface area contributed by atoms with Crippen LogP contribution in [0.15, 0.2) is 24.3 Å². The molecular formula is C18H31NO. The molecule has 1 unspecified atom stereocenters. The van der Waals surface area contributed by atoms with Gasteiger partial charge in [0, 0.05) is 12.3 Å². The summed E-state index contributed by atoms with van der Waals surface area (Å²) >= 11 is 0. The van der Waals surface area contributed by atoms with E-state index in [2.05, 4.69) is 50.4 Å². The van der Waals surface area contributed by atoms with E-state index in [1.54, 1.807) is 0 Å². The normalized spacial score (nSPS) is 12.3. The highest BCUT2D eigenvalue weighted by molar-refractivity contribution is 5.51. The Morgan fingerprint density at radius 2 is 1.80 bits per heavy atom. The zero-order chi connectivity index (χ0) is 14.6. The van der Waals surface area contributed by atoms with Gasteiger partial charge in [-0.15, -0.1) is 0 Å². The van der Waals surface area contributed by atoms with E-state index >= 15 is 0 Å².